The van der Waals surface area contributed by atoms with Gasteiger partial charge in [0.15, 0.2) is 5.79 Å². The van der Waals surface area contributed by atoms with E-state index in [9.17, 15) is 19.5 Å². The van der Waals surface area contributed by atoms with Crippen molar-refractivity contribution in [3.05, 3.63) is 0 Å². The number of rotatable bonds is 7. The molecule has 12 saturated carbocycles. The highest BCUT2D eigenvalue weighted by molar-refractivity contribution is 5.78. The number of ether oxygens (including phenoxy) is 4. The molecule has 12 bridgehead atoms. The van der Waals surface area contributed by atoms with Gasteiger partial charge >= 0.3 is 17.9 Å². The third-order valence-electron chi connectivity index (χ3n) is 15.6. The van der Waals surface area contributed by atoms with Crippen LogP contribution in [0, 0.1) is 69.5 Å². The summed E-state index contributed by atoms with van der Waals surface area (Å²) in [6.07, 6.45) is 16.0. The predicted octanol–water partition coefficient (Wildman–Crippen LogP) is 5.90. The van der Waals surface area contributed by atoms with Gasteiger partial charge in [-0.2, -0.15) is 0 Å². The van der Waals surface area contributed by atoms with Crippen LogP contribution < -0.4 is 0 Å². The van der Waals surface area contributed by atoms with E-state index in [0.29, 0.717) is 54.3 Å². The Morgan fingerprint density at radius 1 is 0.511 bits per heavy atom. The highest BCUT2D eigenvalue weighted by Crippen LogP contribution is 2.67. The molecule has 4 unspecified atom stereocenters. The Bertz CT molecular complexity index is 1150. The van der Waals surface area contributed by atoms with Crippen LogP contribution in [0.3, 0.4) is 0 Å². The maximum absolute atomic E-state index is 13.8. The Kier molecular flexibility index (Phi) is 5.97. The third-order valence-corrected chi connectivity index (χ3v) is 15.6. The lowest BCUT2D eigenvalue weighted by Crippen LogP contribution is -2.63. The average Bonchev–Trinajstić information content (AvgIpc) is 3.35. The van der Waals surface area contributed by atoms with Crippen LogP contribution in [0.2, 0.25) is 0 Å². The van der Waals surface area contributed by atoms with Crippen molar-refractivity contribution in [1.29, 1.82) is 0 Å². The van der Waals surface area contributed by atoms with Crippen LogP contribution in [-0.2, 0) is 33.3 Å². The summed E-state index contributed by atoms with van der Waals surface area (Å²) in [4.78, 5) is 40.2. The zero-order chi connectivity index (χ0) is 30.3. The fourth-order valence-corrected chi connectivity index (χ4v) is 14.9. The van der Waals surface area contributed by atoms with Gasteiger partial charge in [0.2, 0.25) is 0 Å². The Balaban J connectivity index is 0.884. The monoisotopic (exact) mass is 622 g/mol. The van der Waals surface area contributed by atoms with Crippen molar-refractivity contribution >= 4 is 17.9 Å². The van der Waals surface area contributed by atoms with Crippen molar-refractivity contribution in [3.8, 4) is 0 Å². The van der Waals surface area contributed by atoms with E-state index in [-0.39, 0.29) is 47.8 Å². The molecule has 1 heterocycles. The van der Waals surface area contributed by atoms with Crippen LogP contribution in [0.25, 0.3) is 0 Å². The number of esters is 2. The van der Waals surface area contributed by atoms with Gasteiger partial charge in [-0.3, -0.25) is 14.4 Å². The fourth-order valence-electron chi connectivity index (χ4n) is 14.9. The van der Waals surface area contributed by atoms with Crippen LogP contribution in [-0.4, -0.2) is 54.2 Å². The number of aliphatic carboxylic acids is 1. The van der Waals surface area contributed by atoms with E-state index in [4.69, 9.17) is 18.9 Å². The van der Waals surface area contributed by atoms with E-state index in [0.717, 1.165) is 57.8 Å². The summed E-state index contributed by atoms with van der Waals surface area (Å²) in [5, 5.41) is 10.2. The molecule has 0 amide bonds. The zero-order valence-corrected chi connectivity index (χ0v) is 26.6. The first-order valence-electron chi connectivity index (χ1n) is 18.6. The van der Waals surface area contributed by atoms with Gasteiger partial charge in [0.25, 0.3) is 0 Å². The highest BCUT2D eigenvalue weighted by atomic mass is 16.8. The van der Waals surface area contributed by atoms with Gasteiger partial charge in [0.05, 0.1) is 16.2 Å². The van der Waals surface area contributed by atoms with Crippen LogP contribution in [0.1, 0.15) is 109 Å². The van der Waals surface area contributed by atoms with Crippen molar-refractivity contribution < 1.29 is 38.4 Å². The molecule has 1 aliphatic heterocycles. The van der Waals surface area contributed by atoms with Gasteiger partial charge in [-0.05, 0) is 151 Å². The molecule has 0 aromatic rings. The SMILES string of the molecule is O=C(O)C12CC3CC(C1)C1(OC(COC(=O)C45CC6CC(CC(C6)C4)C5)C(COC(=O)C45CC6CC(CC(C6)C4)C5)O1)C(C3)C2. The van der Waals surface area contributed by atoms with Crippen molar-refractivity contribution in [2.24, 2.45) is 69.5 Å². The second-order valence-corrected chi connectivity index (χ2v) is 18.6. The normalized spacial score (nSPS) is 55.9. The summed E-state index contributed by atoms with van der Waals surface area (Å²) in [7, 11) is 0. The minimum atomic E-state index is -0.884. The second-order valence-electron chi connectivity index (χ2n) is 18.6. The lowest BCUT2D eigenvalue weighted by Gasteiger charge is -2.61. The minimum absolute atomic E-state index is 0.00920. The number of carboxylic acids is 1. The van der Waals surface area contributed by atoms with Crippen molar-refractivity contribution in [2.45, 2.75) is 127 Å². The largest absolute Gasteiger partial charge is 0.481 e. The van der Waals surface area contributed by atoms with Gasteiger partial charge in [0, 0.05) is 11.8 Å². The van der Waals surface area contributed by atoms with Crippen LogP contribution in [0.4, 0.5) is 0 Å². The van der Waals surface area contributed by atoms with Gasteiger partial charge in [-0.15, -0.1) is 0 Å². The molecule has 4 atom stereocenters. The average molecular weight is 623 g/mol. The zero-order valence-electron chi connectivity index (χ0n) is 26.6. The molecule has 0 radical (unpaired) electrons. The molecule has 13 rings (SSSR count). The quantitative estimate of drug-likeness (QED) is 0.350. The van der Waals surface area contributed by atoms with E-state index < -0.39 is 29.4 Å². The number of hydrogen-bond acceptors (Lipinski definition) is 7. The molecule has 13 aliphatic rings. The molecule has 0 aromatic heterocycles. The van der Waals surface area contributed by atoms with Crippen molar-refractivity contribution in [2.75, 3.05) is 13.2 Å². The van der Waals surface area contributed by atoms with Crippen LogP contribution in [0.15, 0.2) is 0 Å². The first kappa shape index (κ1) is 28.4. The van der Waals surface area contributed by atoms with Gasteiger partial charge in [-0.1, -0.05) is 0 Å². The van der Waals surface area contributed by atoms with Crippen LogP contribution >= 0.6 is 0 Å². The van der Waals surface area contributed by atoms with Crippen molar-refractivity contribution in [3.63, 3.8) is 0 Å². The number of hydrogen-bond donors (Lipinski definition) is 1. The molecule has 1 N–H and O–H groups in total. The summed E-state index contributed by atoms with van der Waals surface area (Å²) in [6.45, 7) is 0.212. The Morgan fingerprint density at radius 3 is 1.20 bits per heavy atom. The lowest BCUT2D eigenvalue weighted by atomic mass is 9.47. The first-order chi connectivity index (χ1) is 21.6. The first-order valence-corrected chi connectivity index (χ1v) is 18.6. The standard InChI is InChI=1S/C37H50O8/c38-31(39)34-9-26-7-27(16-34)37(28(8-26)17-34)44-29(18-42-32(40)35-10-20-1-21(11-35)3-22(2-20)12-35)30(45-37)19-43-33(41)36-13-23-4-24(14-36)6-25(5-23)15-36/h20-30H,1-19H2,(H,38,39). The summed E-state index contributed by atoms with van der Waals surface area (Å²) < 4.78 is 26.3. The molecular weight excluding hydrogens is 572 g/mol. The molecule has 13 fully saturated rings. The summed E-state index contributed by atoms with van der Waals surface area (Å²) in [6, 6.07) is 0. The fraction of sp³-hybridized carbons (Fsp3) is 0.919. The molecule has 1 saturated heterocycles. The molecule has 0 aromatic carbocycles. The molecule has 12 aliphatic carbocycles. The molecule has 8 nitrogen and oxygen atoms in total. The number of carboxylic acid groups (broad SMARTS) is 1. The molecule has 8 heteroatoms. The number of carbonyl (C=O) groups is 3. The van der Waals surface area contributed by atoms with Crippen molar-refractivity contribution in [1.82, 2.24) is 0 Å². The summed E-state index contributed by atoms with van der Waals surface area (Å²) in [5.41, 5.74) is -1.37. The Morgan fingerprint density at radius 2 is 0.844 bits per heavy atom. The number of carbonyl (C=O) groups excluding carboxylic acids is 2. The maximum Gasteiger partial charge on any atom is 0.312 e. The molecule has 45 heavy (non-hydrogen) atoms. The summed E-state index contributed by atoms with van der Waals surface area (Å²) >= 11 is 0. The third kappa shape index (κ3) is 4.12. The van der Waals surface area contributed by atoms with E-state index in [1.807, 2.05) is 0 Å². The Hall–Kier alpha value is -1.67. The molecule has 1 spiro atoms. The molecular formula is C37H50O8. The smallest absolute Gasteiger partial charge is 0.312 e. The Labute approximate surface area is 266 Å². The lowest BCUT2D eigenvalue weighted by molar-refractivity contribution is -0.312. The highest BCUT2D eigenvalue weighted by Gasteiger charge is 2.70. The second kappa shape index (κ2) is 9.48. The minimum Gasteiger partial charge on any atom is -0.481 e. The summed E-state index contributed by atoms with van der Waals surface area (Å²) in [5.74, 6) is 2.61. The van der Waals surface area contributed by atoms with Gasteiger partial charge in [0.1, 0.15) is 25.4 Å². The van der Waals surface area contributed by atoms with E-state index in [1.54, 1.807) is 0 Å². The topological polar surface area (TPSA) is 108 Å². The molecule has 246 valence electrons. The maximum atomic E-state index is 13.8. The predicted molar refractivity (Wildman–Crippen MR) is 159 cm³/mol. The van der Waals surface area contributed by atoms with E-state index >= 15 is 0 Å². The van der Waals surface area contributed by atoms with Gasteiger partial charge in [-0.25, -0.2) is 0 Å². The van der Waals surface area contributed by atoms with Crippen LogP contribution in [0.5, 0.6) is 0 Å². The van der Waals surface area contributed by atoms with E-state index in [1.165, 1.54) is 38.5 Å². The van der Waals surface area contributed by atoms with Gasteiger partial charge < -0.3 is 24.1 Å². The van der Waals surface area contributed by atoms with E-state index in [2.05, 4.69) is 0 Å².